The third-order valence-corrected chi connectivity index (χ3v) is 4.37. The fourth-order valence-electron chi connectivity index (χ4n) is 2.96. The molecule has 0 N–H and O–H groups in total. The van der Waals surface area contributed by atoms with Gasteiger partial charge in [-0.25, -0.2) is 4.79 Å². The number of nitriles is 1. The highest BCUT2D eigenvalue weighted by Gasteiger charge is 2.15. The number of rotatable bonds is 6. The zero-order valence-electron chi connectivity index (χ0n) is 16.0. The van der Waals surface area contributed by atoms with Gasteiger partial charge in [0.1, 0.15) is 17.4 Å². The van der Waals surface area contributed by atoms with Crippen LogP contribution in [0.4, 0.5) is 0 Å². The number of ether oxygens (including phenoxy) is 1. The molecule has 7 heteroatoms. The van der Waals surface area contributed by atoms with Gasteiger partial charge in [-0.05, 0) is 62.2 Å². The van der Waals surface area contributed by atoms with Gasteiger partial charge in [-0.2, -0.15) is 5.26 Å². The summed E-state index contributed by atoms with van der Waals surface area (Å²) < 4.78 is 12.6. The standard InChI is InChI=1S/C21H20N4O3/c1-4-9-25-14(2)10-17(15(25)3)11-18(12-22)21(26)28-19-7-5-16(6-8-19)20-24-23-13-27-20/h5-8,10-11,13H,4,9H2,1-3H3/b18-11-. The average molecular weight is 376 g/mol. The van der Waals surface area contributed by atoms with Crippen molar-refractivity contribution in [2.75, 3.05) is 0 Å². The van der Waals surface area contributed by atoms with Gasteiger partial charge in [0.25, 0.3) is 0 Å². The van der Waals surface area contributed by atoms with Crippen LogP contribution in [0.1, 0.15) is 30.3 Å². The van der Waals surface area contributed by atoms with Crippen LogP contribution in [0, 0.1) is 25.2 Å². The van der Waals surface area contributed by atoms with Gasteiger partial charge in [0.05, 0.1) is 0 Å². The number of hydrogen-bond acceptors (Lipinski definition) is 6. The summed E-state index contributed by atoms with van der Waals surface area (Å²) in [6.45, 7) is 6.99. The molecule has 0 fully saturated rings. The molecule has 0 saturated heterocycles. The maximum Gasteiger partial charge on any atom is 0.354 e. The molecule has 1 aromatic carbocycles. The summed E-state index contributed by atoms with van der Waals surface area (Å²) in [7, 11) is 0. The zero-order valence-corrected chi connectivity index (χ0v) is 16.0. The Morgan fingerprint density at radius 3 is 2.68 bits per heavy atom. The Labute approximate surface area is 162 Å². The molecular weight excluding hydrogens is 356 g/mol. The first-order valence-corrected chi connectivity index (χ1v) is 8.90. The lowest BCUT2D eigenvalue weighted by molar-refractivity contribution is -0.129. The van der Waals surface area contributed by atoms with Gasteiger partial charge in [0.15, 0.2) is 0 Å². The molecule has 3 aromatic rings. The highest BCUT2D eigenvalue weighted by molar-refractivity contribution is 5.99. The minimum atomic E-state index is -0.701. The molecular formula is C21H20N4O3. The van der Waals surface area contributed by atoms with E-state index in [0.29, 0.717) is 17.2 Å². The Hall–Kier alpha value is -3.66. The minimum Gasteiger partial charge on any atom is -0.423 e. The molecule has 0 amide bonds. The fourth-order valence-corrected chi connectivity index (χ4v) is 2.96. The molecule has 2 heterocycles. The summed E-state index contributed by atoms with van der Waals surface area (Å²) in [5, 5.41) is 16.9. The van der Waals surface area contributed by atoms with Crippen molar-refractivity contribution >= 4 is 12.0 Å². The predicted octanol–water partition coefficient (Wildman–Crippen LogP) is 4.08. The predicted molar refractivity (Wildman–Crippen MR) is 103 cm³/mol. The van der Waals surface area contributed by atoms with E-state index >= 15 is 0 Å². The second-order valence-electron chi connectivity index (χ2n) is 6.31. The Morgan fingerprint density at radius 2 is 2.07 bits per heavy atom. The average Bonchev–Trinajstić information content (AvgIpc) is 3.31. The lowest BCUT2D eigenvalue weighted by Crippen LogP contribution is -2.10. The largest absolute Gasteiger partial charge is 0.423 e. The van der Waals surface area contributed by atoms with E-state index in [2.05, 4.69) is 21.7 Å². The first-order chi connectivity index (χ1) is 13.5. The highest BCUT2D eigenvalue weighted by atomic mass is 16.5. The van der Waals surface area contributed by atoms with E-state index in [0.717, 1.165) is 29.9 Å². The van der Waals surface area contributed by atoms with Gasteiger partial charge in [-0.3, -0.25) is 0 Å². The van der Waals surface area contributed by atoms with Crippen molar-refractivity contribution in [2.24, 2.45) is 0 Å². The highest BCUT2D eigenvalue weighted by Crippen LogP contribution is 2.22. The Morgan fingerprint density at radius 1 is 1.32 bits per heavy atom. The molecule has 0 aliphatic rings. The molecule has 0 aliphatic heterocycles. The number of hydrogen-bond donors (Lipinski definition) is 0. The van der Waals surface area contributed by atoms with Crippen LogP contribution in [0.3, 0.4) is 0 Å². The fraction of sp³-hybridized carbons (Fsp3) is 0.238. The Kier molecular flexibility index (Phi) is 5.70. The Bertz CT molecular complexity index is 1040. The first-order valence-electron chi connectivity index (χ1n) is 8.90. The maximum atomic E-state index is 12.4. The summed E-state index contributed by atoms with van der Waals surface area (Å²) in [5.74, 6) is -0.00266. The molecule has 28 heavy (non-hydrogen) atoms. The summed E-state index contributed by atoms with van der Waals surface area (Å²) >= 11 is 0. The molecule has 0 spiro atoms. The van der Waals surface area contributed by atoms with E-state index in [1.807, 2.05) is 26.0 Å². The molecule has 0 atom stereocenters. The van der Waals surface area contributed by atoms with Crippen molar-refractivity contribution in [3.8, 4) is 23.3 Å². The van der Waals surface area contributed by atoms with Crippen LogP contribution in [-0.2, 0) is 11.3 Å². The van der Waals surface area contributed by atoms with Crippen molar-refractivity contribution in [1.82, 2.24) is 14.8 Å². The summed E-state index contributed by atoms with van der Waals surface area (Å²) in [6, 6.07) is 10.5. The summed E-state index contributed by atoms with van der Waals surface area (Å²) in [5.41, 5.74) is 3.59. The number of nitrogens with zero attached hydrogens (tertiary/aromatic N) is 4. The number of carbonyl (C=O) groups is 1. The number of esters is 1. The molecule has 7 nitrogen and oxygen atoms in total. The van der Waals surface area contributed by atoms with E-state index in [9.17, 15) is 10.1 Å². The quantitative estimate of drug-likeness (QED) is 0.278. The van der Waals surface area contributed by atoms with E-state index in [1.54, 1.807) is 30.3 Å². The van der Waals surface area contributed by atoms with E-state index < -0.39 is 5.97 Å². The van der Waals surface area contributed by atoms with Crippen molar-refractivity contribution in [3.63, 3.8) is 0 Å². The zero-order chi connectivity index (χ0) is 20.1. The lowest BCUT2D eigenvalue weighted by atomic mass is 10.1. The molecule has 0 aliphatic carbocycles. The van der Waals surface area contributed by atoms with Gasteiger partial charge >= 0.3 is 5.97 Å². The molecule has 0 bridgehead atoms. The minimum absolute atomic E-state index is 0.0577. The van der Waals surface area contributed by atoms with Crippen LogP contribution in [0.2, 0.25) is 0 Å². The van der Waals surface area contributed by atoms with Gasteiger partial charge < -0.3 is 13.7 Å². The van der Waals surface area contributed by atoms with Crippen molar-refractivity contribution in [3.05, 3.63) is 59.2 Å². The molecule has 0 radical (unpaired) electrons. The van der Waals surface area contributed by atoms with Gasteiger partial charge in [0, 0.05) is 23.5 Å². The summed E-state index contributed by atoms with van der Waals surface area (Å²) in [4.78, 5) is 12.4. The van der Waals surface area contributed by atoms with Crippen LogP contribution in [0.25, 0.3) is 17.5 Å². The third-order valence-electron chi connectivity index (χ3n) is 4.37. The van der Waals surface area contributed by atoms with Crippen molar-refractivity contribution in [1.29, 1.82) is 5.26 Å². The lowest BCUT2D eigenvalue weighted by Gasteiger charge is -2.07. The molecule has 0 saturated carbocycles. The van der Waals surface area contributed by atoms with Crippen LogP contribution < -0.4 is 4.74 Å². The monoisotopic (exact) mass is 376 g/mol. The summed E-state index contributed by atoms with van der Waals surface area (Å²) in [6.07, 6.45) is 3.82. The number of aryl methyl sites for hydroxylation is 1. The van der Waals surface area contributed by atoms with Crippen LogP contribution >= 0.6 is 0 Å². The van der Waals surface area contributed by atoms with E-state index in [4.69, 9.17) is 9.15 Å². The number of carbonyl (C=O) groups excluding carboxylic acids is 1. The van der Waals surface area contributed by atoms with Gasteiger partial charge in [-0.1, -0.05) is 6.92 Å². The van der Waals surface area contributed by atoms with Crippen LogP contribution in [-0.4, -0.2) is 20.7 Å². The Balaban J connectivity index is 1.78. The maximum absolute atomic E-state index is 12.4. The van der Waals surface area contributed by atoms with Crippen LogP contribution in [0.5, 0.6) is 5.75 Å². The van der Waals surface area contributed by atoms with Gasteiger partial charge in [-0.15, -0.1) is 10.2 Å². The first kappa shape index (κ1) is 19.1. The molecule has 142 valence electrons. The van der Waals surface area contributed by atoms with Crippen molar-refractivity contribution < 1.29 is 13.9 Å². The van der Waals surface area contributed by atoms with Gasteiger partial charge in [0.2, 0.25) is 12.3 Å². The smallest absolute Gasteiger partial charge is 0.354 e. The second kappa shape index (κ2) is 8.35. The second-order valence-corrected chi connectivity index (χ2v) is 6.31. The SMILES string of the molecule is CCCn1c(C)cc(/C=C(/C#N)C(=O)Oc2ccc(-c3nnco3)cc2)c1C. The topological polar surface area (TPSA) is 93.9 Å². The van der Waals surface area contributed by atoms with E-state index in [-0.39, 0.29) is 5.57 Å². The molecule has 3 rings (SSSR count). The number of benzene rings is 1. The van der Waals surface area contributed by atoms with E-state index in [1.165, 1.54) is 6.39 Å². The third kappa shape index (κ3) is 4.01. The molecule has 2 aromatic heterocycles. The van der Waals surface area contributed by atoms with Crippen LogP contribution in [0.15, 0.2) is 46.7 Å². The number of aromatic nitrogens is 3. The molecule has 0 unspecified atom stereocenters. The van der Waals surface area contributed by atoms with Crippen molar-refractivity contribution in [2.45, 2.75) is 33.7 Å². The normalized spacial score (nSPS) is 11.3.